The molecule has 6 unspecified atom stereocenters. The summed E-state index contributed by atoms with van der Waals surface area (Å²) in [6, 6.07) is 21.4. The Bertz CT molecular complexity index is 1960. The summed E-state index contributed by atoms with van der Waals surface area (Å²) in [7, 11) is 0. The van der Waals surface area contributed by atoms with Crippen molar-refractivity contribution in [1.82, 2.24) is 4.90 Å². The molecule has 0 aromatic heterocycles. The molecule has 0 radical (unpaired) electrons. The predicted octanol–water partition coefficient (Wildman–Crippen LogP) is 10.4. The van der Waals surface area contributed by atoms with Crippen molar-refractivity contribution < 1.29 is 38.8 Å². The number of carbonyl (C=O) groups is 1. The van der Waals surface area contributed by atoms with Crippen molar-refractivity contribution in [3.8, 4) is 17.2 Å². The first-order chi connectivity index (χ1) is 29.3. The Morgan fingerprint density at radius 1 is 0.950 bits per heavy atom. The van der Waals surface area contributed by atoms with E-state index < -0.39 is 23.8 Å². The van der Waals surface area contributed by atoms with Gasteiger partial charge < -0.3 is 34.0 Å². The van der Waals surface area contributed by atoms with Crippen molar-refractivity contribution in [3.63, 3.8) is 0 Å². The Hall–Kier alpha value is -4.90. The van der Waals surface area contributed by atoms with Gasteiger partial charge in [-0.05, 0) is 117 Å². The molecule has 0 bridgehead atoms. The second-order valence-electron chi connectivity index (χ2n) is 16.3. The van der Waals surface area contributed by atoms with Gasteiger partial charge >= 0.3 is 6.09 Å². The second-order valence-corrected chi connectivity index (χ2v) is 16.3. The summed E-state index contributed by atoms with van der Waals surface area (Å²) < 4.78 is 26.9. The van der Waals surface area contributed by atoms with Crippen LogP contribution in [0.3, 0.4) is 0 Å². The molecule has 3 aromatic carbocycles. The highest BCUT2D eigenvalue weighted by molar-refractivity contribution is 6.03. The fourth-order valence-electron chi connectivity index (χ4n) is 9.31. The maximum Gasteiger partial charge on any atom is 0.410 e. The lowest BCUT2D eigenvalue weighted by atomic mass is 9.55. The van der Waals surface area contributed by atoms with E-state index in [1.54, 1.807) is 17.1 Å². The van der Waals surface area contributed by atoms with Crippen molar-refractivity contribution in [2.45, 2.75) is 103 Å². The molecule has 10 nitrogen and oxygen atoms in total. The van der Waals surface area contributed by atoms with E-state index in [4.69, 9.17) is 28.9 Å². The third-order valence-electron chi connectivity index (χ3n) is 12.2. The van der Waals surface area contributed by atoms with Crippen LogP contribution in [-0.4, -0.2) is 71.7 Å². The summed E-state index contributed by atoms with van der Waals surface area (Å²) in [5, 5.41) is 24.8. The van der Waals surface area contributed by atoms with Gasteiger partial charge in [0.15, 0.2) is 0 Å². The predicted molar refractivity (Wildman–Crippen MR) is 235 cm³/mol. The maximum atomic E-state index is 14.3. The molecule has 6 atom stereocenters. The molecule has 2 aliphatic carbocycles. The van der Waals surface area contributed by atoms with Crippen LogP contribution in [0, 0.1) is 31.6 Å². The first-order valence-corrected chi connectivity index (χ1v) is 21.8. The van der Waals surface area contributed by atoms with Gasteiger partial charge in [0.05, 0.1) is 24.8 Å². The fourth-order valence-corrected chi connectivity index (χ4v) is 9.31. The number of oxime groups is 1. The first-order valence-electron chi connectivity index (χ1n) is 21.8. The zero-order valence-electron chi connectivity index (χ0n) is 35.7. The van der Waals surface area contributed by atoms with E-state index in [9.17, 15) is 15.0 Å². The summed E-state index contributed by atoms with van der Waals surface area (Å²) in [6.07, 6.45) is 11.6. The van der Waals surface area contributed by atoms with Crippen molar-refractivity contribution >= 4 is 11.8 Å². The Morgan fingerprint density at radius 3 is 2.42 bits per heavy atom. The Balaban J connectivity index is 1.57. The molecule has 1 saturated carbocycles. The van der Waals surface area contributed by atoms with Crippen molar-refractivity contribution in [2.75, 3.05) is 33.0 Å². The minimum atomic E-state index is -1.37. The number of nitrogens with zero attached hydrogens (tertiary/aromatic N) is 2. The zero-order valence-corrected chi connectivity index (χ0v) is 35.7. The molecule has 1 fully saturated rings. The van der Waals surface area contributed by atoms with E-state index in [0.717, 1.165) is 59.4 Å². The van der Waals surface area contributed by atoms with Crippen molar-refractivity contribution in [2.24, 2.45) is 22.9 Å². The Labute approximate surface area is 356 Å². The number of aliphatic hydroxyl groups is 2. The van der Waals surface area contributed by atoms with Crippen LogP contribution in [0.15, 0.2) is 109 Å². The van der Waals surface area contributed by atoms with Crippen molar-refractivity contribution in [3.05, 3.63) is 126 Å². The zero-order chi connectivity index (χ0) is 42.5. The molecule has 322 valence electrons. The number of aryl methyl sites for hydroxylation is 2. The van der Waals surface area contributed by atoms with Crippen molar-refractivity contribution in [1.29, 1.82) is 0 Å². The average molecular weight is 821 g/mol. The summed E-state index contributed by atoms with van der Waals surface area (Å²) in [4.78, 5) is 22.3. The molecular formula is C50H64N2O8. The summed E-state index contributed by atoms with van der Waals surface area (Å²) in [6.45, 7) is 15.3. The highest BCUT2D eigenvalue weighted by atomic mass is 16.7. The Kier molecular flexibility index (Phi) is 16.0. The number of fused-ring (bicyclic) bond motifs is 2. The lowest BCUT2D eigenvalue weighted by molar-refractivity contribution is -0.255. The van der Waals surface area contributed by atoms with Crippen LogP contribution in [0.25, 0.3) is 0 Å². The van der Waals surface area contributed by atoms with E-state index in [1.165, 1.54) is 5.56 Å². The van der Waals surface area contributed by atoms with E-state index in [-0.39, 0.29) is 50.8 Å². The van der Waals surface area contributed by atoms with Gasteiger partial charge in [-0.15, -0.1) is 13.2 Å². The fraction of sp³-hybridized carbons (Fsp3) is 0.480. The molecule has 60 heavy (non-hydrogen) atoms. The number of allylic oxidation sites excluding steroid dienone is 1. The average Bonchev–Trinajstić information content (AvgIpc) is 3.25. The molecule has 0 saturated heterocycles. The second kappa shape index (κ2) is 21.6. The van der Waals surface area contributed by atoms with Crippen LogP contribution in [-0.2, 0) is 20.9 Å². The summed E-state index contributed by atoms with van der Waals surface area (Å²) in [5.41, 5.74) is 6.03. The molecule has 6 rings (SSSR count). The monoisotopic (exact) mass is 820 g/mol. The molecule has 1 amide bonds. The highest BCUT2D eigenvalue weighted by Crippen LogP contribution is 2.62. The maximum absolute atomic E-state index is 14.3. The molecule has 1 heterocycles. The number of unbranched alkanes of at least 4 members (excludes halogenated alkanes) is 2. The van der Waals surface area contributed by atoms with Gasteiger partial charge in [0, 0.05) is 37.7 Å². The molecule has 1 aliphatic heterocycles. The number of rotatable bonds is 22. The van der Waals surface area contributed by atoms with E-state index in [1.807, 2.05) is 55.5 Å². The SMILES string of the molecule is C=CCCOC(=O)N(CCC)C1CC(=NOCc2ccccc2)C2=CC(CCCCO)C(CCCCO)C3c4cc(Oc5ccc(C)c(C)c5)ccc4OC1(OCC=C)C23. The van der Waals surface area contributed by atoms with E-state index in [2.05, 4.69) is 51.3 Å². The standard InChI is InChI=1S/C50H64N2O8/c1-6-9-29-56-49(55)52(25-7-2)46-33-44(51-58-34-37-17-11-10-12-18-37)42-31-38(19-13-15-26-53)41(20-14-16-27-54)47-43-32-40(59-39-22-21-35(4)36(5)30-39)23-24-45(43)60-50(46,48(42)47)57-28-8-3/h6,8,10-12,17-18,21-24,30-32,38,41,46-48,53-54H,1,3,7,9,13-16,19-20,25-29,33-34H2,2,4-5H3. The summed E-state index contributed by atoms with van der Waals surface area (Å²) >= 11 is 0. The number of aliphatic hydroxyl groups excluding tert-OH is 2. The number of amides is 1. The molecule has 3 aromatic rings. The van der Waals surface area contributed by atoms with Gasteiger partial charge in [-0.1, -0.05) is 79.5 Å². The van der Waals surface area contributed by atoms with E-state index in [0.29, 0.717) is 50.1 Å². The van der Waals surface area contributed by atoms with Gasteiger partial charge in [0.2, 0.25) is 5.79 Å². The van der Waals surface area contributed by atoms with Crippen LogP contribution in [0.5, 0.6) is 17.2 Å². The van der Waals surface area contributed by atoms with Gasteiger partial charge in [-0.2, -0.15) is 0 Å². The lowest BCUT2D eigenvalue weighted by Crippen LogP contribution is -2.70. The molecule has 3 aliphatic rings. The quantitative estimate of drug-likeness (QED) is 0.0584. The normalized spacial score (nSPS) is 23.4. The smallest absolute Gasteiger partial charge is 0.410 e. The Morgan fingerprint density at radius 2 is 1.70 bits per heavy atom. The number of ether oxygens (including phenoxy) is 4. The lowest BCUT2D eigenvalue weighted by Gasteiger charge is -2.59. The van der Waals surface area contributed by atoms with Gasteiger partial charge in [0.25, 0.3) is 0 Å². The number of carbonyl (C=O) groups excluding carboxylic acids is 1. The third-order valence-corrected chi connectivity index (χ3v) is 12.2. The van der Waals surface area contributed by atoms with E-state index >= 15 is 0 Å². The van der Waals surface area contributed by atoms with Crippen LogP contribution in [0.1, 0.15) is 92.9 Å². The number of benzene rings is 3. The van der Waals surface area contributed by atoms with Gasteiger partial charge in [0.1, 0.15) is 29.9 Å². The largest absolute Gasteiger partial charge is 0.459 e. The third kappa shape index (κ3) is 10.2. The highest BCUT2D eigenvalue weighted by Gasteiger charge is 2.65. The van der Waals surface area contributed by atoms with Gasteiger partial charge in [-0.25, -0.2) is 4.79 Å². The minimum Gasteiger partial charge on any atom is -0.459 e. The van der Waals surface area contributed by atoms with Crippen LogP contribution in [0.2, 0.25) is 0 Å². The van der Waals surface area contributed by atoms with Crippen LogP contribution in [0.4, 0.5) is 4.79 Å². The minimum absolute atomic E-state index is 0.0830. The number of hydrogen-bond acceptors (Lipinski definition) is 9. The first kappa shape index (κ1) is 44.6. The summed E-state index contributed by atoms with van der Waals surface area (Å²) in [5.74, 6) is 0.299. The molecule has 2 N–H and O–H groups in total. The van der Waals surface area contributed by atoms with Gasteiger partial charge in [-0.3, -0.25) is 4.90 Å². The number of hydrogen-bond donors (Lipinski definition) is 2. The molecule has 0 spiro atoms. The van der Waals surface area contributed by atoms with Crippen LogP contribution < -0.4 is 9.47 Å². The molecule has 10 heteroatoms. The van der Waals surface area contributed by atoms with Crippen LogP contribution >= 0.6 is 0 Å². The molecular weight excluding hydrogens is 757 g/mol. The topological polar surface area (TPSA) is 119 Å².